The summed E-state index contributed by atoms with van der Waals surface area (Å²) in [6.45, 7) is 0. The summed E-state index contributed by atoms with van der Waals surface area (Å²) in [6, 6.07) is 11.6. The van der Waals surface area contributed by atoms with Gasteiger partial charge in [-0.2, -0.15) is 5.26 Å². The Hall–Kier alpha value is -1.66. The molecule has 0 spiro atoms. The summed E-state index contributed by atoms with van der Waals surface area (Å²) >= 11 is 3.38. The average Bonchev–Trinajstić information content (AvgIpc) is 2.29. The lowest BCUT2D eigenvalue weighted by molar-refractivity contribution is 1.33. The number of halogens is 1. The molecule has 1 heterocycles. The van der Waals surface area contributed by atoms with Gasteiger partial charge in [-0.3, -0.25) is 4.98 Å². The van der Waals surface area contributed by atoms with Gasteiger partial charge < -0.3 is 0 Å². The molecule has 2 aromatic rings. The maximum atomic E-state index is 8.85. The third-order valence-electron chi connectivity index (χ3n) is 2.04. The lowest BCUT2D eigenvalue weighted by Gasteiger charge is -2.02. The van der Waals surface area contributed by atoms with E-state index in [1.54, 1.807) is 18.5 Å². The van der Waals surface area contributed by atoms with Gasteiger partial charge in [0.25, 0.3) is 0 Å². The topological polar surface area (TPSA) is 36.7 Å². The molecule has 0 radical (unpaired) electrons. The molecule has 0 saturated heterocycles. The predicted molar refractivity (Wildman–Crippen MR) is 62.1 cm³/mol. The van der Waals surface area contributed by atoms with Crippen LogP contribution in [0.25, 0.3) is 11.1 Å². The quantitative estimate of drug-likeness (QED) is 0.787. The second kappa shape index (κ2) is 4.24. The third-order valence-corrected chi connectivity index (χ3v) is 2.50. The van der Waals surface area contributed by atoms with Crippen LogP contribution >= 0.6 is 15.9 Å². The Morgan fingerprint density at radius 2 is 1.80 bits per heavy atom. The van der Waals surface area contributed by atoms with Gasteiger partial charge in [-0.15, -0.1) is 0 Å². The molecule has 1 aromatic carbocycles. The van der Waals surface area contributed by atoms with Crippen molar-refractivity contribution in [3.05, 3.63) is 52.8 Å². The van der Waals surface area contributed by atoms with Crippen molar-refractivity contribution in [2.75, 3.05) is 0 Å². The Morgan fingerprint density at radius 3 is 2.47 bits per heavy atom. The highest BCUT2D eigenvalue weighted by Gasteiger charge is 2.01. The van der Waals surface area contributed by atoms with Crippen molar-refractivity contribution >= 4 is 15.9 Å². The molecule has 0 fully saturated rings. The first kappa shape index (κ1) is 9.88. The Bertz CT molecular complexity index is 515. The SMILES string of the molecule is N#Cc1cc(Br)cc(-c2ccncc2)c1. The molecule has 0 aliphatic carbocycles. The van der Waals surface area contributed by atoms with Crippen molar-refractivity contribution in [3.8, 4) is 17.2 Å². The van der Waals surface area contributed by atoms with Crippen molar-refractivity contribution < 1.29 is 0 Å². The van der Waals surface area contributed by atoms with Crippen LogP contribution in [-0.4, -0.2) is 4.98 Å². The lowest BCUT2D eigenvalue weighted by atomic mass is 10.1. The second-order valence-electron chi connectivity index (χ2n) is 3.08. The minimum atomic E-state index is 0.649. The van der Waals surface area contributed by atoms with Gasteiger partial charge in [0.2, 0.25) is 0 Å². The van der Waals surface area contributed by atoms with Crippen LogP contribution in [0.1, 0.15) is 5.56 Å². The fourth-order valence-electron chi connectivity index (χ4n) is 1.37. The zero-order valence-corrected chi connectivity index (χ0v) is 9.40. The lowest BCUT2D eigenvalue weighted by Crippen LogP contribution is -1.81. The molecule has 3 heteroatoms. The number of benzene rings is 1. The minimum absolute atomic E-state index is 0.649. The molecule has 1 aromatic heterocycles. The normalized spacial score (nSPS) is 9.60. The van der Waals surface area contributed by atoms with Gasteiger partial charge in [-0.1, -0.05) is 15.9 Å². The Labute approximate surface area is 96.3 Å². The van der Waals surface area contributed by atoms with E-state index in [-0.39, 0.29) is 0 Å². The smallest absolute Gasteiger partial charge is 0.0992 e. The van der Waals surface area contributed by atoms with Crippen LogP contribution in [0, 0.1) is 11.3 Å². The van der Waals surface area contributed by atoms with Gasteiger partial charge in [-0.05, 0) is 41.5 Å². The van der Waals surface area contributed by atoms with Gasteiger partial charge in [0.1, 0.15) is 0 Å². The summed E-state index contributed by atoms with van der Waals surface area (Å²) in [5.41, 5.74) is 2.72. The maximum absolute atomic E-state index is 8.85. The molecular formula is C12H7BrN2. The van der Waals surface area contributed by atoms with Crippen molar-refractivity contribution in [2.45, 2.75) is 0 Å². The highest BCUT2D eigenvalue weighted by atomic mass is 79.9. The van der Waals surface area contributed by atoms with E-state index in [0.717, 1.165) is 15.6 Å². The number of pyridine rings is 1. The van der Waals surface area contributed by atoms with Gasteiger partial charge in [0, 0.05) is 16.9 Å². The van der Waals surface area contributed by atoms with E-state index in [9.17, 15) is 0 Å². The molecule has 2 nitrogen and oxygen atoms in total. The van der Waals surface area contributed by atoms with Crippen molar-refractivity contribution in [1.82, 2.24) is 4.98 Å². The van der Waals surface area contributed by atoms with Gasteiger partial charge >= 0.3 is 0 Å². The first-order valence-electron chi connectivity index (χ1n) is 4.41. The summed E-state index contributed by atoms with van der Waals surface area (Å²) in [5, 5.41) is 8.85. The van der Waals surface area contributed by atoms with Crippen molar-refractivity contribution in [3.63, 3.8) is 0 Å². The maximum Gasteiger partial charge on any atom is 0.0992 e. The second-order valence-corrected chi connectivity index (χ2v) is 3.99. The standard InChI is InChI=1S/C12H7BrN2/c13-12-6-9(8-14)5-11(7-12)10-1-3-15-4-2-10/h1-7H. The first-order valence-corrected chi connectivity index (χ1v) is 5.20. The Balaban J connectivity index is 2.55. The van der Waals surface area contributed by atoms with Crippen LogP contribution in [-0.2, 0) is 0 Å². The van der Waals surface area contributed by atoms with E-state index in [4.69, 9.17) is 5.26 Å². The Morgan fingerprint density at radius 1 is 1.07 bits per heavy atom. The fourth-order valence-corrected chi connectivity index (χ4v) is 1.86. The van der Waals surface area contributed by atoms with Crippen LogP contribution in [0.4, 0.5) is 0 Å². The monoisotopic (exact) mass is 258 g/mol. The van der Waals surface area contributed by atoms with E-state index >= 15 is 0 Å². The predicted octanol–water partition coefficient (Wildman–Crippen LogP) is 3.38. The highest BCUT2D eigenvalue weighted by Crippen LogP contribution is 2.24. The molecule has 0 aliphatic rings. The fraction of sp³-hybridized carbons (Fsp3) is 0. The van der Waals surface area contributed by atoms with Crippen molar-refractivity contribution in [2.24, 2.45) is 0 Å². The van der Waals surface area contributed by atoms with E-state index in [0.29, 0.717) is 5.56 Å². The first-order chi connectivity index (χ1) is 7.29. The number of hydrogen-bond donors (Lipinski definition) is 0. The molecule has 0 saturated carbocycles. The molecular weight excluding hydrogens is 252 g/mol. The molecule has 0 amide bonds. The summed E-state index contributed by atoms with van der Waals surface area (Å²) in [4.78, 5) is 3.96. The molecule has 0 atom stereocenters. The van der Waals surface area contributed by atoms with Crippen LogP contribution in [0.15, 0.2) is 47.2 Å². The van der Waals surface area contributed by atoms with Gasteiger partial charge in [-0.25, -0.2) is 0 Å². The number of nitrogens with zero attached hydrogens (tertiary/aromatic N) is 2. The zero-order valence-electron chi connectivity index (χ0n) is 7.81. The van der Waals surface area contributed by atoms with Crippen LogP contribution in [0.5, 0.6) is 0 Å². The molecule has 0 bridgehead atoms. The molecule has 0 unspecified atom stereocenters. The summed E-state index contributed by atoms with van der Waals surface area (Å²) < 4.78 is 0.911. The highest BCUT2D eigenvalue weighted by molar-refractivity contribution is 9.10. The van der Waals surface area contributed by atoms with Gasteiger partial charge in [0.15, 0.2) is 0 Å². The zero-order chi connectivity index (χ0) is 10.7. The molecule has 0 aliphatic heterocycles. The van der Waals surface area contributed by atoms with Crippen LogP contribution < -0.4 is 0 Å². The summed E-state index contributed by atoms with van der Waals surface area (Å²) in [7, 11) is 0. The van der Waals surface area contributed by atoms with E-state index in [2.05, 4.69) is 27.0 Å². The third kappa shape index (κ3) is 2.23. The molecule has 72 valence electrons. The summed E-state index contributed by atoms with van der Waals surface area (Å²) in [6.07, 6.45) is 3.48. The van der Waals surface area contributed by atoms with Gasteiger partial charge in [0.05, 0.1) is 11.6 Å². The average molecular weight is 259 g/mol. The number of hydrogen-bond acceptors (Lipinski definition) is 2. The summed E-state index contributed by atoms with van der Waals surface area (Å²) in [5.74, 6) is 0. The van der Waals surface area contributed by atoms with Crippen molar-refractivity contribution in [1.29, 1.82) is 5.26 Å². The Kier molecular flexibility index (Phi) is 2.79. The number of rotatable bonds is 1. The molecule has 2 rings (SSSR count). The molecule has 0 N–H and O–H groups in total. The van der Waals surface area contributed by atoms with Crippen LogP contribution in [0.2, 0.25) is 0 Å². The van der Waals surface area contributed by atoms with E-state index < -0.39 is 0 Å². The molecule has 15 heavy (non-hydrogen) atoms. The van der Waals surface area contributed by atoms with Crippen LogP contribution in [0.3, 0.4) is 0 Å². The number of aromatic nitrogens is 1. The largest absolute Gasteiger partial charge is 0.265 e. The van der Waals surface area contributed by atoms with E-state index in [1.807, 2.05) is 24.3 Å². The van der Waals surface area contributed by atoms with E-state index in [1.165, 1.54) is 0 Å². The minimum Gasteiger partial charge on any atom is -0.265 e. The number of nitriles is 1.